The molecule has 16 heavy (non-hydrogen) atoms. The van der Waals surface area contributed by atoms with Gasteiger partial charge in [0.1, 0.15) is 5.75 Å². The molecule has 0 bridgehead atoms. The molecule has 0 unspecified atom stereocenters. The van der Waals surface area contributed by atoms with Crippen LogP contribution in [0.2, 0.25) is 0 Å². The first kappa shape index (κ1) is 13.0. The summed E-state index contributed by atoms with van der Waals surface area (Å²) >= 11 is 0. The van der Waals surface area contributed by atoms with Crippen molar-refractivity contribution < 1.29 is 4.74 Å². The van der Waals surface area contributed by atoms with Gasteiger partial charge in [0.25, 0.3) is 0 Å². The summed E-state index contributed by atoms with van der Waals surface area (Å²) in [6.07, 6.45) is 1.05. The molecule has 0 aromatic heterocycles. The smallest absolute Gasteiger partial charge is 0.122 e. The van der Waals surface area contributed by atoms with Gasteiger partial charge in [0.2, 0.25) is 0 Å². The molecule has 0 saturated carbocycles. The van der Waals surface area contributed by atoms with E-state index in [9.17, 15) is 0 Å². The molecule has 0 atom stereocenters. The van der Waals surface area contributed by atoms with Gasteiger partial charge in [-0.25, -0.2) is 0 Å². The minimum atomic E-state index is 0.556. The van der Waals surface area contributed by atoms with Crippen molar-refractivity contribution in [3.8, 4) is 5.75 Å². The lowest BCUT2D eigenvalue weighted by atomic mass is 10.1. The molecule has 1 rings (SSSR count). The van der Waals surface area contributed by atoms with E-state index in [1.807, 2.05) is 12.1 Å². The SMILES string of the molecule is Cc1cccc(OCCCNC(C)C)c1C. The highest BCUT2D eigenvalue weighted by atomic mass is 16.5. The first-order valence-corrected chi connectivity index (χ1v) is 6.03. The fourth-order valence-electron chi connectivity index (χ4n) is 1.53. The third-order valence-corrected chi connectivity index (χ3v) is 2.69. The summed E-state index contributed by atoms with van der Waals surface area (Å²) in [5, 5.41) is 3.38. The molecule has 0 aliphatic heterocycles. The van der Waals surface area contributed by atoms with E-state index in [1.165, 1.54) is 11.1 Å². The number of hydrogen-bond acceptors (Lipinski definition) is 2. The van der Waals surface area contributed by atoms with Crippen molar-refractivity contribution in [2.45, 2.75) is 40.2 Å². The first-order valence-electron chi connectivity index (χ1n) is 6.03. The van der Waals surface area contributed by atoms with Crippen molar-refractivity contribution in [3.05, 3.63) is 29.3 Å². The molecule has 0 aliphatic rings. The molecule has 0 aliphatic carbocycles. The molecule has 0 radical (unpaired) electrons. The highest BCUT2D eigenvalue weighted by Crippen LogP contribution is 2.20. The van der Waals surface area contributed by atoms with E-state index in [4.69, 9.17) is 4.74 Å². The van der Waals surface area contributed by atoms with Crippen LogP contribution in [0.3, 0.4) is 0 Å². The lowest BCUT2D eigenvalue weighted by molar-refractivity contribution is 0.304. The van der Waals surface area contributed by atoms with E-state index in [-0.39, 0.29) is 0 Å². The van der Waals surface area contributed by atoms with E-state index in [0.717, 1.165) is 25.3 Å². The molecule has 90 valence electrons. The average molecular weight is 221 g/mol. The lowest BCUT2D eigenvalue weighted by Crippen LogP contribution is -2.24. The standard InChI is InChI=1S/C14H23NO/c1-11(2)15-9-6-10-16-14-8-5-7-12(3)13(14)4/h5,7-8,11,15H,6,9-10H2,1-4H3. The molecule has 1 aromatic rings. The van der Waals surface area contributed by atoms with Gasteiger partial charge >= 0.3 is 0 Å². The summed E-state index contributed by atoms with van der Waals surface area (Å²) in [6.45, 7) is 10.3. The fourth-order valence-corrected chi connectivity index (χ4v) is 1.53. The van der Waals surface area contributed by atoms with Gasteiger partial charge in [0.15, 0.2) is 0 Å². The third kappa shape index (κ3) is 4.23. The Balaban J connectivity index is 2.29. The molecule has 0 fully saturated rings. The van der Waals surface area contributed by atoms with Crippen molar-refractivity contribution in [1.82, 2.24) is 5.32 Å². The number of benzene rings is 1. The zero-order chi connectivity index (χ0) is 12.0. The maximum absolute atomic E-state index is 5.76. The Morgan fingerprint density at radius 3 is 2.69 bits per heavy atom. The van der Waals surface area contributed by atoms with Gasteiger partial charge in [0, 0.05) is 6.04 Å². The molecule has 2 heteroatoms. The Labute approximate surface area is 99.0 Å². The topological polar surface area (TPSA) is 21.3 Å². The summed E-state index contributed by atoms with van der Waals surface area (Å²) < 4.78 is 5.76. The fraction of sp³-hybridized carbons (Fsp3) is 0.571. The van der Waals surface area contributed by atoms with Crippen LogP contribution in [0.5, 0.6) is 5.75 Å². The molecule has 0 saturated heterocycles. The van der Waals surface area contributed by atoms with Gasteiger partial charge in [-0.1, -0.05) is 26.0 Å². The van der Waals surface area contributed by atoms with Gasteiger partial charge in [-0.3, -0.25) is 0 Å². The number of aryl methyl sites for hydroxylation is 1. The van der Waals surface area contributed by atoms with Gasteiger partial charge in [-0.15, -0.1) is 0 Å². The van der Waals surface area contributed by atoms with Gasteiger partial charge < -0.3 is 10.1 Å². The molecule has 0 heterocycles. The summed E-state index contributed by atoms with van der Waals surface area (Å²) in [5.74, 6) is 1.02. The summed E-state index contributed by atoms with van der Waals surface area (Å²) in [6, 6.07) is 6.76. The van der Waals surface area contributed by atoms with Crippen LogP contribution in [-0.2, 0) is 0 Å². The zero-order valence-corrected chi connectivity index (χ0v) is 10.8. The maximum Gasteiger partial charge on any atom is 0.122 e. The van der Waals surface area contributed by atoms with Crippen molar-refractivity contribution in [1.29, 1.82) is 0 Å². The molecule has 0 spiro atoms. The van der Waals surface area contributed by atoms with Crippen molar-refractivity contribution in [2.75, 3.05) is 13.2 Å². The van der Waals surface area contributed by atoms with E-state index >= 15 is 0 Å². The summed E-state index contributed by atoms with van der Waals surface area (Å²) in [4.78, 5) is 0. The van der Waals surface area contributed by atoms with Crippen molar-refractivity contribution >= 4 is 0 Å². The minimum Gasteiger partial charge on any atom is -0.493 e. The van der Waals surface area contributed by atoms with E-state index in [0.29, 0.717) is 6.04 Å². The first-order chi connectivity index (χ1) is 7.61. The highest BCUT2D eigenvalue weighted by molar-refractivity contribution is 5.38. The van der Waals surface area contributed by atoms with E-state index < -0.39 is 0 Å². The van der Waals surface area contributed by atoms with Crippen LogP contribution < -0.4 is 10.1 Å². The van der Waals surface area contributed by atoms with Crippen LogP contribution in [0.4, 0.5) is 0 Å². The zero-order valence-electron chi connectivity index (χ0n) is 10.8. The largest absolute Gasteiger partial charge is 0.493 e. The molecule has 2 nitrogen and oxygen atoms in total. The molecular formula is C14H23NO. The molecule has 1 N–H and O–H groups in total. The van der Waals surface area contributed by atoms with Crippen LogP contribution in [-0.4, -0.2) is 19.2 Å². The molecular weight excluding hydrogens is 198 g/mol. The summed E-state index contributed by atoms with van der Waals surface area (Å²) in [5.41, 5.74) is 2.54. The van der Waals surface area contributed by atoms with Crippen LogP contribution >= 0.6 is 0 Å². The van der Waals surface area contributed by atoms with Crippen LogP contribution in [0.15, 0.2) is 18.2 Å². The average Bonchev–Trinajstić information content (AvgIpc) is 2.23. The number of hydrogen-bond donors (Lipinski definition) is 1. The predicted octanol–water partition coefficient (Wildman–Crippen LogP) is 3.07. The van der Waals surface area contributed by atoms with Gasteiger partial charge in [-0.2, -0.15) is 0 Å². The Morgan fingerprint density at radius 1 is 1.25 bits per heavy atom. The molecule has 1 aromatic carbocycles. The monoisotopic (exact) mass is 221 g/mol. The normalized spacial score (nSPS) is 10.8. The van der Waals surface area contributed by atoms with Gasteiger partial charge in [0.05, 0.1) is 6.61 Å². The number of rotatable bonds is 6. The Hall–Kier alpha value is -1.02. The summed E-state index contributed by atoms with van der Waals surface area (Å²) in [7, 11) is 0. The van der Waals surface area contributed by atoms with E-state index in [2.05, 4.69) is 39.1 Å². The Bertz CT molecular complexity index is 321. The Morgan fingerprint density at radius 2 is 2.00 bits per heavy atom. The van der Waals surface area contributed by atoms with Crippen LogP contribution in [0.25, 0.3) is 0 Å². The van der Waals surface area contributed by atoms with Crippen LogP contribution in [0, 0.1) is 13.8 Å². The predicted molar refractivity (Wildman–Crippen MR) is 69.2 cm³/mol. The van der Waals surface area contributed by atoms with Crippen molar-refractivity contribution in [2.24, 2.45) is 0 Å². The second-order valence-corrected chi connectivity index (χ2v) is 4.51. The van der Waals surface area contributed by atoms with E-state index in [1.54, 1.807) is 0 Å². The highest BCUT2D eigenvalue weighted by Gasteiger charge is 2.01. The van der Waals surface area contributed by atoms with Crippen LogP contribution in [0.1, 0.15) is 31.4 Å². The second kappa shape index (κ2) is 6.54. The quantitative estimate of drug-likeness (QED) is 0.745. The number of ether oxygens (including phenoxy) is 1. The Kier molecular flexibility index (Phi) is 5.33. The third-order valence-electron chi connectivity index (χ3n) is 2.69. The molecule has 0 amide bonds. The van der Waals surface area contributed by atoms with Crippen molar-refractivity contribution in [3.63, 3.8) is 0 Å². The van der Waals surface area contributed by atoms with Gasteiger partial charge in [-0.05, 0) is 44.0 Å². The minimum absolute atomic E-state index is 0.556. The number of nitrogens with one attached hydrogen (secondary N) is 1. The lowest BCUT2D eigenvalue weighted by Gasteiger charge is -2.12. The second-order valence-electron chi connectivity index (χ2n) is 4.51. The maximum atomic E-state index is 5.76.